The number of halogens is 1. The molecule has 108 valence electrons. The Kier molecular flexibility index (Phi) is 5.90. The van der Waals surface area contributed by atoms with Crippen LogP contribution in [0.25, 0.3) is 0 Å². The van der Waals surface area contributed by atoms with E-state index in [0.717, 1.165) is 6.42 Å². The fourth-order valence-corrected chi connectivity index (χ4v) is 2.73. The van der Waals surface area contributed by atoms with Crippen molar-refractivity contribution in [2.24, 2.45) is 5.92 Å². The van der Waals surface area contributed by atoms with Crippen LogP contribution in [-0.2, 0) is 15.8 Å². The lowest BCUT2D eigenvalue weighted by molar-refractivity contribution is 0.118. The highest BCUT2D eigenvalue weighted by Gasteiger charge is 2.18. The van der Waals surface area contributed by atoms with E-state index in [1.54, 1.807) is 6.07 Å². The van der Waals surface area contributed by atoms with Crippen molar-refractivity contribution in [1.82, 2.24) is 4.72 Å². The van der Waals surface area contributed by atoms with Crippen LogP contribution in [0.2, 0.25) is 0 Å². The summed E-state index contributed by atoms with van der Waals surface area (Å²) in [5.74, 6) is -0.959. The summed E-state index contributed by atoms with van der Waals surface area (Å²) in [5.41, 5.74) is 0.119. The third-order valence-electron chi connectivity index (χ3n) is 3.12. The van der Waals surface area contributed by atoms with Crippen LogP contribution in [0.5, 0.6) is 0 Å². The first kappa shape index (κ1) is 16.1. The summed E-state index contributed by atoms with van der Waals surface area (Å²) in [6.07, 6.45) is 0.0244. The van der Waals surface area contributed by atoms with Gasteiger partial charge >= 0.3 is 0 Å². The van der Waals surface area contributed by atoms with E-state index in [4.69, 9.17) is 0 Å². The smallest absolute Gasteiger partial charge is 0.215 e. The summed E-state index contributed by atoms with van der Waals surface area (Å²) in [6.45, 7) is 3.71. The van der Waals surface area contributed by atoms with Crippen molar-refractivity contribution in [3.63, 3.8) is 0 Å². The maximum atomic E-state index is 13.4. The van der Waals surface area contributed by atoms with Gasteiger partial charge in [0.05, 0.1) is 11.9 Å². The van der Waals surface area contributed by atoms with Gasteiger partial charge in [0.25, 0.3) is 0 Å². The van der Waals surface area contributed by atoms with E-state index in [2.05, 4.69) is 4.72 Å². The average Bonchev–Trinajstić information content (AvgIpc) is 2.37. The second kappa shape index (κ2) is 6.98. The highest BCUT2D eigenvalue weighted by Crippen LogP contribution is 2.11. The molecule has 4 nitrogen and oxygen atoms in total. The van der Waals surface area contributed by atoms with E-state index in [9.17, 15) is 17.9 Å². The van der Waals surface area contributed by atoms with E-state index >= 15 is 0 Å². The molecular weight excluding hydrogens is 269 g/mol. The molecule has 0 spiro atoms. The minimum atomic E-state index is -3.64. The van der Waals surface area contributed by atoms with Gasteiger partial charge in [0.1, 0.15) is 5.82 Å². The lowest BCUT2D eigenvalue weighted by Gasteiger charge is -2.17. The van der Waals surface area contributed by atoms with Crippen molar-refractivity contribution in [2.45, 2.75) is 32.1 Å². The summed E-state index contributed by atoms with van der Waals surface area (Å²) in [7, 11) is -3.64. The number of nitrogens with one attached hydrogen (secondary N) is 1. The highest BCUT2D eigenvalue weighted by atomic mass is 32.2. The van der Waals surface area contributed by atoms with Crippen LogP contribution in [0.1, 0.15) is 25.8 Å². The van der Waals surface area contributed by atoms with Crippen LogP contribution >= 0.6 is 0 Å². The van der Waals surface area contributed by atoms with Crippen molar-refractivity contribution >= 4 is 10.0 Å². The van der Waals surface area contributed by atoms with Crippen molar-refractivity contribution < 1.29 is 17.9 Å². The van der Waals surface area contributed by atoms with Gasteiger partial charge in [-0.2, -0.15) is 0 Å². The van der Waals surface area contributed by atoms with E-state index in [1.165, 1.54) is 18.2 Å². The Labute approximate surface area is 113 Å². The number of aliphatic hydroxyl groups excluding tert-OH is 1. The molecule has 0 aliphatic heterocycles. The zero-order chi connectivity index (χ0) is 14.5. The molecule has 0 aliphatic rings. The highest BCUT2D eigenvalue weighted by molar-refractivity contribution is 7.88. The van der Waals surface area contributed by atoms with Gasteiger partial charge < -0.3 is 5.11 Å². The fourth-order valence-electron chi connectivity index (χ4n) is 1.56. The molecular formula is C13H20FNO3S. The molecule has 0 aromatic heterocycles. The molecule has 0 saturated heterocycles. The summed E-state index contributed by atoms with van der Waals surface area (Å²) < 4.78 is 39.2. The molecule has 0 heterocycles. The average molecular weight is 289 g/mol. The molecule has 6 heteroatoms. The van der Waals surface area contributed by atoms with E-state index in [-0.39, 0.29) is 18.0 Å². The van der Waals surface area contributed by atoms with E-state index in [1.807, 2.05) is 13.8 Å². The topological polar surface area (TPSA) is 66.4 Å². The van der Waals surface area contributed by atoms with Gasteiger partial charge in [-0.15, -0.1) is 0 Å². The molecule has 0 fully saturated rings. The number of sulfonamides is 1. The monoisotopic (exact) mass is 289 g/mol. The number of benzene rings is 1. The van der Waals surface area contributed by atoms with Crippen LogP contribution < -0.4 is 4.72 Å². The maximum absolute atomic E-state index is 13.4. The zero-order valence-electron chi connectivity index (χ0n) is 11.1. The first-order valence-corrected chi connectivity index (χ1v) is 7.89. The predicted octanol–water partition coefficient (Wildman–Crippen LogP) is 1.65. The van der Waals surface area contributed by atoms with E-state index in [0.29, 0.717) is 0 Å². The van der Waals surface area contributed by atoms with Crippen LogP contribution in [-0.4, -0.2) is 26.2 Å². The van der Waals surface area contributed by atoms with Crippen LogP contribution in [0, 0.1) is 11.7 Å². The molecule has 2 atom stereocenters. The van der Waals surface area contributed by atoms with Gasteiger partial charge in [0.2, 0.25) is 10.0 Å². The molecule has 0 aliphatic carbocycles. The Morgan fingerprint density at radius 3 is 2.58 bits per heavy atom. The fraction of sp³-hybridized carbons (Fsp3) is 0.538. The van der Waals surface area contributed by atoms with Gasteiger partial charge in [-0.25, -0.2) is 17.5 Å². The standard InChI is InChI=1S/C13H20FNO3S/c1-3-10(2)13(16)8-15-19(17,18)9-11-6-4-5-7-12(11)14/h4-7,10,13,15-16H,3,8-9H2,1-2H3. The van der Waals surface area contributed by atoms with E-state index < -0.39 is 27.7 Å². The second-order valence-electron chi connectivity index (χ2n) is 4.65. The molecule has 1 rings (SSSR count). The van der Waals surface area contributed by atoms with Gasteiger partial charge in [-0.3, -0.25) is 0 Å². The maximum Gasteiger partial charge on any atom is 0.215 e. The summed E-state index contributed by atoms with van der Waals surface area (Å²) >= 11 is 0. The first-order chi connectivity index (χ1) is 8.85. The Hall–Kier alpha value is -0.980. The lowest BCUT2D eigenvalue weighted by Crippen LogP contribution is -2.36. The largest absolute Gasteiger partial charge is 0.391 e. The van der Waals surface area contributed by atoms with Crippen LogP contribution in [0.3, 0.4) is 0 Å². The van der Waals surface area contributed by atoms with Crippen molar-refractivity contribution in [3.05, 3.63) is 35.6 Å². The Bertz CT molecular complexity index is 504. The third-order valence-corrected chi connectivity index (χ3v) is 4.41. The van der Waals surface area contributed by atoms with Crippen LogP contribution in [0.4, 0.5) is 4.39 Å². The van der Waals surface area contributed by atoms with Gasteiger partial charge in [-0.1, -0.05) is 38.5 Å². The van der Waals surface area contributed by atoms with Crippen LogP contribution in [0.15, 0.2) is 24.3 Å². The quantitative estimate of drug-likeness (QED) is 0.802. The van der Waals surface area contributed by atoms with Gasteiger partial charge in [0.15, 0.2) is 0 Å². The SMILES string of the molecule is CCC(C)C(O)CNS(=O)(=O)Cc1ccccc1F. The number of aliphatic hydroxyl groups is 1. The molecule has 2 unspecified atom stereocenters. The molecule has 2 N–H and O–H groups in total. The minimum absolute atomic E-state index is 0.0103. The van der Waals surface area contributed by atoms with Crippen molar-refractivity contribution in [1.29, 1.82) is 0 Å². The zero-order valence-corrected chi connectivity index (χ0v) is 12.0. The van der Waals surface area contributed by atoms with Crippen molar-refractivity contribution in [2.75, 3.05) is 6.54 Å². The molecule has 0 saturated carbocycles. The number of hydrogen-bond acceptors (Lipinski definition) is 3. The molecule has 0 amide bonds. The molecule has 0 bridgehead atoms. The van der Waals surface area contributed by atoms with Crippen molar-refractivity contribution in [3.8, 4) is 0 Å². The molecule has 1 aromatic carbocycles. The summed E-state index contributed by atoms with van der Waals surface area (Å²) in [4.78, 5) is 0. The Balaban J connectivity index is 2.60. The number of hydrogen-bond donors (Lipinski definition) is 2. The summed E-state index contributed by atoms with van der Waals surface area (Å²) in [6, 6.07) is 5.74. The lowest BCUT2D eigenvalue weighted by atomic mass is 10.0. The minimum Gasteiger partial charge on any atom is -0.391 e. The molecule has 1 aromatic rings. The second-order valence-corrected chi connectivity index (χ2v) is 6.46. The first-order valence-electron chi connectivity index (χ1n) is 6.24. The predicted molar refractivity (Wildman–Crippen MR) is 72.5 cm³/mol. The Morgan fingerprint density at radius 1 is 1.37 bits per heavy atom. The molecule has 0 radical (unpaired) electrons. The van der Waals surface area contributed by atoms with Gasteiger partial charge in [-0.05, 0) is 12.0 Å². The third kappa shape index (κ3) is 5.26. The number of rotatable bonds is 7. The Morgan fingerprint density at radius 2 is 2.00 bits per heavy atom. The molecule has 19 heavy (non-hydrogen) atoms. The summed E-state index contributed by atoms with van der Waals surface area (Å²) in [5, 5.41) is 9.70. The normalized spacial score (nSPS) is 15.2. The van der Waals surface area contributed by atoms with Gasteiger partial charge in [0, 0.05) is 12.1 Å².